The summed E-state index contributed by atoms with van der Waals surface area (Å²) in [6.07, 6.45) is 6.16. The number of imidazole rings is 1. The molecule has 2 heterocycles. The number of nitrogens with zero attached hydrogens (tertiary/aromatic N) is 3. The predicted molar refractivity (Wildman–Crippen MR) is 66.4 cm³/mol. The molecule has 0 spiro atoms. The zero-order valence-electron chi connectivity index (χ0n) is 10.4. The number of primary amides is 1. The molecule has 1 amide bonds. The minimum absolute atomic E-state index is 0.355. The lowest BCUT2D eigenvalue weighted by Gasteiger charge is -2.33. The Bertz CT molecular complexity index is 471. The average molecular weight is 249 g/mol. The van der Waals surface area contributed by atoms with Crippen LogP contribution in [-0.2, 0) is 17.9 Å². The number of nitrogens with two attached hydrogens (primary N) is 2. The van der Waals surface area contributed by atoms with Crippen LogP contribution in [0.3, 0.4) is 0 Å². The lowest BCUT2D eigenvalue weighted by Crippen LogP contribution is -2.51. The zero-order valence-corrected chi connectivity index (χ0v) is 10.4. The van der Waals surface area contributed by atoms with E-state index < -0.39 is 5.54 Å². The molecule has 1 aliphatic carbocycles. The van der Waals surface area contributed by atoms with Crippen molar-refractivity contribution in [2.75, 3.05) is 6.54 Å². The Kier molecular flexibility index (Phi) is 2.64. The number of carbonyl (C=O) groups is 1. The molecule has 1 fully saturated rings. The monoisotopic (exact) mass is 249 g/mol. The average Bonchev–Trinajstić information content (AvgIpc) is 2.95. The van der Waals surface area contributed by atoms with Crippen LogP contribution in [0.1, 0.15) is 25.1 Å². The maximum absolute atomic E-state index is 11.4. The fraction of sp³-hybridized carbons (Fsp3) is 0.667. The number of carbonyl (C=O) groups excluding carboxylic acids is 1. The van der Waals surface area contributed by atoms with Crippen molar-refractivity contribution in [2.45, 2.75) is 43.9 Å². The zero-order chi connectivity index (χ0) is 12.8. The molecular weight excluding hydrogens is 230 g/mol. The van der Waals surface area contributed by atoms with Crippen molar-refractivity contribution in [3.05, 3.63) is 18.2 Å². The van der Waals surface area contributed by atoms with Gasteiger partial charge in [0, 0.05) is 31.5 Å². The third-order valence-electron chi connectivity index (χ3n) is 4.31. The van der Waals surface area contributed by atoms with E-state index in [2.05, 4.69) is 14.5 Å². The first-order valence-electron chi connectivity index (χ1n) is 6.41. The summed E-state index contributed by atoms with van der Waals surface area (Å²) in [4.78, 5) is 18.1. The fourth-order valence-corrected chi connectivity index (χ4v) is 3.09. The van der Waals surface area contributed by atoms with Gasteiger partial charge in [-0.3, -0.25) is 9.69 Å². The first-order valence-corrected chi connectivity index (χ1v) is 6.41. The van der Waals surface area contributed by atoms with Gasteiger partial charge in [-0.05, 0) is 19.3 Å². The minimum atomic E-state index is -0.808. The standard InChI is InChI=1S/C12H19N5O/c13-11(18)12(14)2-1-9(7-12)17-6-5-16-4-3-15-10(16)8-17/h3-4,9H,1-2,5-8,14H2,(H2,13,18). The fourth-order valence-electron chi connectivity index (χ4n) is 3.09. The number of hydrogen-bond acceptors (Lipinski definition) is 4. The van der Waals surface area contributed by atoms with Gasteiger partial charge in [-0.1, -0.05) is 0 Å². The summed E-state index contributed by atoms with van der Waals surface area (Å²) in [5, 5.41) is 0. The van der Waals surface area contributed by atoms with Gasteiger partial charge in [-0.2, -0.15) is 0 Å². The van der Waals surface area contributed by atoms with Crippen LogP contribution in [0.2, 0.25) is 0 Å². The molecule has 18 heavy (non-hydrogen) atoms. The van der Waals surface area contributed by atoms with Crippen molar-refractivity contribution in [1.82, 2.24) is 14.5 Å². The highest BCUT2D eigenvalue weighted by Gasteiger charge is 2.43. The van der Waals surface area contributed by atoms with Gasteiger partial charge in [-0.25, -0.2) is 4.98 Å². The largest absolute Gasteiger partial charge is 0.368 e. The van der Waals surface area contributed by atoms with Crippen molar-refractivity contribution >= 4 is 5.91 Å². The number of aromatic nitrogens is 2. The summed E-state index contributed by atoms with van der Waals surface area (Å²) in [6.45, 7) is 2.79. The molecule has 0 saturated heterocycles. The molecule has 3 rings (SSSR count). The topological polar surface area (TPSA) is 90.2 Å². The van der Waals surface area contributed by atoms with E-state index in [4.69, 9.17) is 11.5 Å². The second-order valence-electron chi connectivity index (χ2n) is 5.42. The molecule has 0 radical (unpaired) electrons. The minimum Gasteiger partial charge on any atom is -0.368 e. The molecule has 1 aliphatic heterocycles. The molecule has 6 heteroatoms. The third kappa shape index (κ3) is 1.81. The van der Waals surface area contributed by atoms with E-state index in [1.807, 2.05) is 12.4 Å². The Morgan fingerprint density at radius 2 is 2.33 bits per heavy atom. The molecule has 1 aromatic rings. The highest BCUT2D eigenvalue weighted by Crippen LogP contribution is 2.32. The molecule has 6 nitrogen and oxygen atoms in total. The summed E-state index contributed by atoms with van der Waals surface area (Å²) in [5.41, 5.74) is 10.6. The van der Waals surface area contributed by atoms with Gasteiger partial charge in [0.05, 0.1) is 12.1 Å². The van der Waals surface area contributed by atoms with Crippen molar-refractivity contribution in [3.63, 3.8) is 0 Å². The van der Waals surface area contributed by atoms with Crippen molar-refractivity contribution < 1.29 is 4.79 Å². The van der Waals surface area contributed by atoms with E-state index >= 15 is 0 Å². The first-order chi connectivity index (χ1) is 8.58. The van der Waals surface area contributed by atoms with Crippen LogP contribution in [0.5, 0.6) is 0 Å². The lowest BCUT2D eigenvalue weighted by molar-refractivity contribution is -0.123. The third-order valence-corrected chi connectivity index (χ3v) is 4.31. The predicted octanol–water partition coefficient (Wildman–Crippen LogP) is -0.566. The van der Waals surface area contributed by atoms with Crippen LogP contribution in [0.25, 0.3) is 0 Å². The van der Waals surface area contributed by atoms with Gasteiger partial charge in [0.25, 0.3) is 0 Å². The highest BCUT2D eigenvalue weighted by atomic mass is 16.1. The Labute approximate surface area is 106 Å². The molecular formula is C12H19N5O. The van der Waals surface area contributed by atoms with Gasteiger partial charge < -0.3 is 16.0 Å². The number of rotatable bonds is 2. The van der Waals surface area contributed by atoms with Crippen LogP contribution in [0.15, 0.2) is 12.4 Å². The summed E-state index contributed by atoms with van der Waals surface area (Å²) >= 11 is 0. The van der Waals surface area contributed by atoms with E-state index in [0.717, 1.165) is 31.9 Å². The van der Waals surface area contributed by atoms with Crippen molar-refractivity contribution in [3.8, 4) is 0 Å². The molecule has 1 saturated carbocycles. The normalized spacial score (nSPS) is 32.4. The maximum Gasteiger partial charge on any atom is 0.237 e. The molecule has 98 valence electrons. The quantitative estimate of drug-likeness (QED) is 0.734. The second-order valence-corrected chi connectivity index (χ2v) is 5.42. The molecule has 2 unspecified atom stereocenters. The molecule has 0 bridgehead atoms. The highest BCUT2D eigenvalue weighted by molar-refractivity contribution is 5.84. The number of amides is 1. The summed E-state index contributed by atoms with van der Waals surface area (Å²) < 4.78 is 2.18. The van der Waals surface area contributed by atoms with Crippen molar-refractivity contribution in [1.29, 1.82) is 0 Å². The van der Waals surface area contributed by atoms with E-state index in [0.29, 0.717) is 18.9 Å². The molecule has 2 aliphatic rings. The smallest absolute Gasteiger partial charge is 0.237 e. The molecule has 1 aromatic heterocycles. The number of hydrogen-bond donors (Lipinski definition) is 2. The van der Waals surface area contributed by atoms with Gasteiger partial charge in [0.1, 0.15) is 5.82 Å². The Morgan fingerprint density at radius 1 is 1.50 bits per heavy atom. The van der Waals surface area contributed by atoms with E-state index in [-0.39, 0.29) is 5.91 Å². The summed E-state index contributed by atoms with van der Waals surface area (Å²) in [5.74, 6) is 0.721. The van der Waals surface area contributed by atoms with E-state index in [9.17, 15) is 4.79 Å². The van der Waals surface area contributed by atoms with E-state index in [1.54, 1.807) is 0 Å². The first kappa shape index (κ1) is 11.7. The van der Waals surface area contributed by atoms with Crippen LogP contribution in [0.4, 0.5) is 0 Å². The van der Waals surface area contributed by atoms with Crippen LogP contribution in [-0.4, -0.2) is 38.5 Å². The molecule has 0 aromatic carbocycles. The van der Waals surface area contributed by atoms with Crippen LogP contribution >= 0.6 is 0 Å². The summed E-state index contributed by atoms with van der Waals surface area (Å²) in [6, 6.07) is 0.355. The number of fused-ring (bicyclic) bond motifs is 1. The van der Waals surface area contributed by atoms with Gasteiger partial charge in [-0.15, -0.1) is 0 Å². The second kappa shape index (κ2) is 4.07. The van der Waals surface area contributed by atoms with Crippen LogP contribution < -0.4 is 11.5 Å². The van der Waals surface area contributed by atoms with Gasteiger partial charge in [0.2, 0.25) is 5.91 Å². The molecule has 4 N–H and O–H groups in total. The van der Waals surface area contributed by atoms with Gasteiger partial charge in [0.15, 0.2) is 0 Å². The summed E-state index contributed by atoms with van der Waals surface area (Å²) in [7, 11) is 0. The Hall–Kier alpha value is -1.40. The Morgan fingerprint density at radius 3 is 3.06 bits per heavy atom. The SMILES string of the molecule is NC(=O)C1(N)CCC(N2CCn3ccnc3C2)C1. The molecule has 2 atom stereocenters. The van der Waals surface area contributed by atoms with Gasteiger partial charge >= 0.3 is 0 Å². The van der Waals surface area contributed by atoms with E-state index in [1.165, 1.54) is 0 Å². The Balaban J connectivity index is 1.70. The van der Waals surface area contributed by atoms with Crippen LogP contribution in [0, 0.1) is 0 Å². The maximum atomic E-state index is 11.4. The lowest BCUT2D eigenvalue weighted by atomic mass is 9.98. The van der Waals surface area contributed by atoms with Crippen molar-refractivity contribution in [2.24, 2.45) is 11.5 Å².